The molecule has 1 N–H and O–H groups in total. The van der Waals surface area contributed by atoms with Gasteiger partial charge in [-0.15, -0.1) is 0 Å². The van der Waals surface area contributed by atoms with Gasteiger partial charge in [0.2, 0.25) is 5.91 Å². The van der Waals surface area contributed by atoms with Gasteiger partial charge in [-0.2, -0.15) is 0 Å². The highest BCUT2D eigenvalue weighted by molar-refractivity contribution is 9.10. The molecule has 156 valence electrons. The van der Waals surface area contributed by atoms with Crippen LogP contribution >= 0.6 is 15.9 Å². The van der Waals surface area contributed by atoms with E-state index < -0.39 is 6.04 Å². The summed E-state index contributed by atoms with van der Waals surface area (Å²) in [6.45, 7) is 6.54. The summed E-state index contributed by atoms with van der Waals surface area (Å²) in [4.78, 5) is 26.9. The second-order valence-electron chi connectivity index (χ2n) is 6.80. The maximum atomic E-state index is 12.9. The van der Waals surface area contributed by atoms with Gasteiger partial charge >= 0.3 is 0 Å². The van der Waals surface area contributed by atoms with Gasteiger partial charge in [0.15, 0.2) is 6.61 Å². The van der Waals surface area contributed by atoms with Crippen molar-refractivity contribution in [3.63, 3.8) is 0 Å². The van der Waals surface area contributed by atoms with Gasteiger partial charge in [-0.05, 0) is 65.9 Å². The van der Waals surface area contributed by atoms with E-state index in [-0.39, 0.29) is 18.4 Å². The zero-order chi connectivity index (χ0) is 21.2. The molecule has 0 aliphatic heterocycles. The first-order valence-electron chi connectivity index (χ1n) is 9.98. The van der Waals surface area contributed by atoms with Crippen molar-refractivity contribution in [1.29, 1.82) is 0 Å². The first-order valence-corrected chi connectivity index (χ1v) is 10.8. The maximum absolute atomic E-state index is 12.9. The molecule has 6 heteroatoms. The van der Waals surface area contributed by atoms with E-state index in [1.807, 2.05) is 55.5 Å². The van der Waals surface area contributed by atoms with Crippen LogP contribution in [-0.4, -0.2) is 42.5 Å². The van der Waals surface area contributed by atoms with Crippen LogP contribution in [0.15, 0.2) is 53.0 Å². The molecule has 0 heterocycles. The summed E-state index contributed by atoms with van der Waals surface area (Å²) in [6, 6.07) is 15.2. The van der Waals surface area contributed by atoms with Crippen molar-refractivity contribution in [3.8, 4) is 5.75 Å². The van der Waals surface area contributed by atoms with Gasteiger partial charge in [0.05, 0.1) is 4.47 Å². The van der Waals surface area contributed by atoms with Gasteiger partial charge in [0.25, 0.3) is 5.91 Å². The van der Waals surface area contributed by atoms with Crippen molar-refractivity contribution < 1.29 is 14.3 Å². The number of nitrogens with zero attached hydrogens (tertiary/aromatic N) is 1. The number of aryl methyl sites for hydroxylation is 1. The van der Waals surface area contributed by atoms with Crippen LogP contribution in [0.4, 0.5) is 0 Å². The molecule has 0 fully saturated rings. The number of ether oxygens (including phenoxy) is 1. The molecular weight excluding hydrogens is 432 g/mol. The first-order chi connectivity index (χ1) is 14.0. The molecule has 2 amide bonds. The Bertz CT molecular complexity index is 811. The van der Waals surface area contributed by atoms with Crippen LogP contribution in [0.3, 0.4) is 0 Å². The molecule has 0 saturated heterocycles. The lowest BCUT2D eigenvalue weighted by molar-refractivity contribution is -0.141. The van der Waals surface area contributed by atoms with E-state index in [0.29, 0.717) is 25.3 Å². The minimum absolute atomic E-state index is 0.122. The normalized spacial score (nSPS) is 11.6. The highest BCUT2D eigenvalue weighted by atomic mass is 79.9. The molecule has 1 unspecified atom stereocenters. The van der Waals surface area contributed by atoms with E-state index in [9.17, 15) is 9.59 Å². The fraction of sp³-hybridized carbons (Fsp3) is 0.391. The van der Waals surface area contributed by atoms with E-state index in [2.05, 4.69) is 28.2 Å². The van der Waals surface area contributed by atoms with E-state index in [1.165, 1.54) is 5.56 Å². The molecule has 1 atom stereocenters. The largest absolute Gasteiger partial charge is 0.483 e. The third kappa shape index (κ3) is 6.89. The lowest BCUT2D eigenvalue weighted by atomic mass is 10.1. The first kappa shape index (κ1) is 22.9. The number of hydrogen-bond acceptors (Lipinski definition) is 3. The average Bonchev–Trinajstić information content (AvgIpc) is 2.73. The Kier molecular flexibility index (Phi) is 9.19. The summed E-state index contributed by atoms with van der Waals surface area (Å²) in [5.74, 6) is 0.234. The van der Waals surface area contributed by atoms with Crippen LogP contribution in [0.1, 0.15) is 31.9 Å². The Hall–Kier alpha value is -2.34. The maximum Gasteiger partial charge on any atom is 0.261 e. The molecule has 0 aliphatic rings. The van der Waals surface area contributed by atoms with E-state index in [0.717, 1.165) is 16.5 Å². The molecule has 2 aromatic rings. The monoisotopic (exact) mass is 460 g/mol. The number of carbonyl (C=O) groups is 2. The highest BCUT2D eigenvalue weighted by Gasteiger charge is 2.25. The number of hydrogen-bond donors (Lipinski definition) is 1. The molecule has 2 aromatic carbocycles. The minimum Gasteiger partial charge on any atom is -0.483 e. The fourth-order valence-electron chi connectivity index (χ4n) is 3.00. The van der Waals surface area contributed by atoms with Crippen molar-refractivity contribution in [2.45, 2.75) is 39.7 Å². The van der Waals surface area contributed by atoms with Crippen molar-refractivity contribution in [2.24, 2.45) is 0 Å². The molecule has 0 spiro atoms. The standard InChI is InChI=1S/C23H29BrN2O3/c1-4-18-11-12-21(20(24)15-18)29-16-22(27)26(17(3)23(28)25-5-2)14-13-19-9-7-6-8-10-19/h6-12,15,17H,4-5,13-14,16H2,1-3H3,(H,25,28). The van der Waals surface area contributed by atoms with E-state index in [1.54, 1.807) is 11.8 Å². The Morgan fingerprint density at radius 2 is 1.83 bits per heavy atom. The molecule has 29 heavy (non-hydrogen) atoms. The summed E-state index contributed by atoms with van der Waals surface area (Å²) in [5, 5.41) is 2.79. The second kappa shape index (κ2) is 11.6. The van der Waals surface area contributed by atoms with Crippen molar-refractivity contribution in [1.82, 2.24) is 10.2 Å². The minimum atomic E-state index is -0.569. The summed E-state index contributed by atoms with van der Waals surface area (Å²) < 4.78 is 6.57. The quantitative estimate of drug-likeness (QED) is 0.582. The zero-order valence-corrected chi connectivity index (χ0v) is 18.9. The number of rotatable bonds is 10. The zero-order valence-electron chi connectivity index (χ0n) is 17.3. The topological polar surface area (TPSA) is 58.6 Å². The summed E-state index contributed by atoms with van der Waals surface area (Å²) >= 11 is 3.50. The molecular formula is C23H29BrN2O3. The summed E-state index contributed by atoms with van der Waals surface area (Å²) in [7, 11) is 0. The van der Waals surface area contributed by atoms with Crippen LogP contribution < -0.4 is 10.1 Å². The van der Waals surface area contributed by atoms with Crippen molar-refractivity contribution in [2.75, 3.05) is 19.7 Å². The highest BCUT2D eigenvalue weighted by Crippen LogP contribution is 2.26. The molecule has 2 rings (SSSR count). The van der Waals surface area contributed by atoms with Gasteiger partial charge in [0, 0.05) is 13.1 Å². The Morgan fingerprint density at radius 1 is 1.10 bits per heavy atom. The van der Waals surface area contributed by atoms with E-state index in [4.69, 9.17) is 4.74 Å². The Labute approximate surface area is 181 Å². The lowest BCUT2D eigenvalue weighted by Gasteiger charge is -2.28. The Morgan fingerprint density at radius 3 is 2.45 bits per heavy atom. The number of halogens is 1. The molecule has 0 saturated carbocycles. The number of nitrogens with one attached hydrogen (secondary N) is 1. The molecule has 5 nitrogen and oxygen atoms in total. The molecule has 0 bridgehead atoms. The smallest absolute Gasteiger partial charge is 0.261 e. The van der Waals surface area contributed by atoms with Gasteiger partial charge < -0.3 is 15.0 Å². The molecule has 0 aliphatic carbocycles. The van der Waals surface area contributed by atoms with E-state index >= 15 is 0 Å². The van der Waals surface area contributed by atoms with Crippen molar-refractivity contribution >= 4 is 27.7 Å². The SMILES string of the molecule is CCNC(=O)C(C)N(CCc1ccccc1)C(=O)COc1ccc(CC)cc1Br. The number of benzene rings is 2. The third-order valence-corrected chi connectivity index (χ3v) is 5.38. The van der Waals surface area contributed by atoms with Gasteiger partial charge in [0.1, 0.15) is 11.8 Å². The summed E-state index contributed by atoms with van der Waals surface area (Å²) in [6.07, 6.45) is 1.60. The van der Waals surface area contributed by atoms with Crippen molar-refractivity contribution in [3.05, 3.63) is 64.1 Å². The van der Waals surface area contributed by atoms with Crippen LogP contribution in [0, 0.1) is 0 Å². The van der Waals surface area contributed by atoms with Gasteiger partial charge in [-0.25, -0.2) is 0 Å². The van der Waals surface area contributed by atoms with Crippen LogP contribution in [0.25, 0.3) is 0 Å². The number of amides is 2. The van der Waals surface area contributed by atoms with Crippen LogP contribution in [0.2, 0.25) is 0 Å². The van der Waals surface area contributed by atoms with Crippen LogP contribution in [0.5, 0.6) is 5.75 Å². The third-order valence-electron chi connectivity index (χ3n) is 4.76. The van der Waals surface area contributed by atoms with Crippen LogP contribution in [-0.2, 0) is 22.4 Å². The summed E-state index contributed by atoms with van der Waals surface area (Å²) in [5.41, 5.74) is 2.30. The number of carbonyl (C=O) groups excluding carboxylic acids is 2. The van der Waals surface area contributed by atoms with Gasteiger partial charge in [-0.3, -0.25) is 9.59 Å². The Balaban J connectivity index is 2.07. The predicted molar refractivity (Wildman–Crippen MR) is 119 cm³/mol. The predicted octanol–water partition coefficient (Wildman–Crippen LogP) is 3.99. The molecule has 0 radical (unpaired) electrons. The molecule has 0 aromatic heterocycles. The fourth-order valence-corrected chi connectivity index (χ4v) is 3.54. The second-order valence-corrected chi connectivity index (χ2v) is 7.65. The number of likely N-dealkylation sites (N-methyl/N-ethyl adjacent to an activating group) is 1. The lowest BCUT2D eigenvalue weighted by Crippen LogP contribution is -2.50. The van der Waals surface area contributed by atoms with Gasteiger partial charge in [-0.1, -0.05) is 43.3 Å². The average molecular weight is 461 g/mol.